The molecule has 13 nitrogen and oxygen atoms in total. The van der Waals surface area contributed by atoms with Crippen LogP contribution in [0.4, 0.5) is 0 Å². The zero-order chi connectivity index (χ0) is 34.4. The Kier molecular flexibility index (Phi) is 8.93. The smallest absolute Gasteiger partial charge is 0.340 e. The van der Waals surface area contributed by atoms with Crippen molar-refractivity contribution in [3.63, 3.8) is 0 Å². The lowest BCUT2D eigenvalue weighted by Gasteiger charge is -2.65. The third-order valence-corrected chi connectivity index (χ3v) is 9.57. The summed E-state index contributed by atoms with van der Waals surface area (Å²) in [5.74, 6) is -4.97. The van der Waals surface area contributed by atoms with Gasteiger partial charge in [-0.15, -0.1) is 0 Å². The monoisotopic (exact) mass is 653 g/mol. The highest BCUT2D eigenvalue weighted by Crippen LogP contribution is 2.69. The Hall–Kier alpha value is -4.36. The fraction of sp³-hybridized carbons (Fsp3) is 0.529. The molecule has 1 aliphatic heterocycles. The molecule has 3 fully saturated rings. The first-order valence-corrected chi connectivity index (χ1v) is 15.3. The molecule has 1 spiro atoms. The van der Waals surface area contributed by atoms with E-state index in [2.05, 4.69) is 4.98 Å². The number of rotatable bonds is 8. The van der Waals surface area contributed by atoms with Crippen LogP contribution < -0.4 is 0 Å². The molecule has 2 bridgehead atoms. The molecule has 0 amide bonds. The van der Waals surface area contributed by atoms with Gasteiger partial charge in [0.15, 0.2) is 11.7 Å². The van der Waals surface area contributed by atoms with Gasteiger partial charge < -0.3 is 33.5 Å². The minimum Gasteiger partial charge on any atom is -0.465 e. The van der Waals surface area contributed by atoms with E-state index in [9.17, 15) is 29.1 Å². The second-order valence-corrected chi connectivity index (χ2v) is 13.0. The second kappa shape index (κ2) is 12.3. The molecule has 13 heteroatoms. The van der Waals surface area contributed by atoms with Crippen LogP contribution in [-0.2, 0) is 42.8 Å². The molecule has 2 saturated carbocycles. The van der Waals surface area contributed by atoms with Crippen LogP contribution >= 0.6 is 0 Å². The Labute approximate surface area is 271 Å². The van der Waals surface area contributed by atoms with Crippen LogP contribution in [0.2, 0.25) is 0 Å². The number of carbonyl (C=O) groups is 5. The predicted octanol–water partition coefficient (Wildman–Crippen LogP) is 2.97. The van der Waals surface area contributed by atoms with Crippen molar-refractivity contribution in [1.29, 1.82) is 0 Å². The van der Waals surface area contributed by atoms with Crippen LogP contribution in [0.1, 0.15) is 75.1 Å². The molecule has 5 rings (SSSR count). The molecule has 0 radical (unpaired) electrons. The number of nitrogens with zero attached hydrogens (tertiary/aromatic N) is 1. The second-order valence-electron chi connectivity index (χ2n) is 13.0. The Morgan fingerprint density at radius 2 is 1.47 bits per heavy atom. The highest BCUT2D eigenvalue weighted by Gasteiger charge is 2.87. The van der Waals surface area contributed by atoms with Crippen molar-refractivity contribution in [2.24, 2.45) is 11.3 Å². The number of pyridine rings is 1. The average molecular weight is 654 g/mol. The van der Waals surface area contributed by atoms with E-state index < -0.39 is 89.0 Å². The molecule has 3 aliphatic rings. The number of carbonyl (C=O) groups excluding carboxylic acids is 5. The Bertz CT molecular complexity index is 1540. The molecule has 1 saturated heterocycles. The quantitative estimate of drug-likeness (QED) is 0.326. The summed E-state index contributed by atoms with van der Waals surface area (Å²) in [5, 5.41) is 12.4. The van der Waals surface area contributed by atoms with Crippen molar-refractivity contribution in [1.82, 2.24) is 4.98 Å². The summed E-state index contributed by atoms with van der Waals surface area (Å²) in [6.45, 7) is 7.67. The van der Waals surface area contributed by atoms with Crippen molar-refractivity contribution in [2.45, 2.75) is 95.6 Å². The molecule has 252 valence electrons. The van der Waals surface area contributed by atoms with Crippen LogP contribution in [0.25, 0.3) is 0 Å². The van der Waals surface area contributed by atoms with E-state index in [0.717, 1.165) is 6.92 Å². The van der Waals surface area contributed by atoms with E-state index >= 15 is 0 Å². The minimum absolute atomic E-state index is 0.0167. The first-order chi connectivity index (χ1) is 22.1. The van der Waals surface area contributed by atoms with Gasteiger partial charge in [0.05, 0.1) is 28.2 Å². The van der Waals surface area contributed by atoms with Gasteiger partial charge in [-0.3, -0.25) is 19.4 Å². The van der Waals surface area contributed by atoms with E-state index in [0.29, 0.717) is 0 Å². The van der Waals surface area contributed by atoms with Crippen molar-refractivity contribution in [3.8, 4) is 0 Å². The summed E-state index contributed by atoms with van der Waals surface area (Å²) >= 11 is 0. The molecule has 1 aromatic heterocycles. The minimum atomic E-state index is -2.04. The number of ether oxygens (including phenoxy) is 6. The van der Waals surface area contributed by atoms with Crippen molar-refractivity contribution < 1.29 is 57.5 Å². The lowest BCUT2D eigenvalue weighted by atomic mass is 9.46. The third-order valence-electron chi connectivity index (χ3n) is 9.57. The van der Waals surface area contributed by atoms with Crippen molar-refractivity contribution in [3.05, 3.63) is 66.0 Å². The van der Waals surface area contributed by atoms with Gasteiger partial charge in [-0.2, -0.15) is 0 Å². The van der Waals surface area contributed by atoms with Crippen LogP contribution in [0.15, 0.2) is 54.9 Å². The van der Waals surface area contributed by atoms with Gasteiger partial charge in [0.1, 0.15) is 30.3 Å². The Morgan fingerprint density at radius 3 is 2.06 bits per heavy atom. The number of fused-ring (bicyclic) bond motifs is 1. The van der Waals surface area contributed by atoms with Gasteiger partial charge in [0, 0.05) is 33.2 Å². The molecular weight excluding hydrogens is 614 g/mol. The van der Waals surface area contributed by atoms with Crippen LogP contribution in [0, 0.1) is 11.3 Å². The summed E-state index contributed by atoms with van der Waals surface area (Å²) < 4.78 is 37.0. The molecule has 2 aliphatic carbocycles. The SMILES string of the molecule is CC(=O)OCC12C(OC(C)=O)CCC(C)(O)C13OC(C)(C)C(C(OC(=O)c1ccccc1)C2OC(=O)c1cccnc1)C3OC(C)=O. The number of benzene rings is 1. The average Bonchev–Trinajstić information content (AvgIpc) is 3.20. The van der Waals surface area contributed by atoms with Gasteiger partial charge in [-0.25, -0.2) is 9.59 Å². The molecule has 47 heavy (non-hydrogen) atoms. The lowest BCUT2D eigenvalue weighted by molar-refractivity contribution is -0.348. The van der Waals surface area contributed by atoms with E-state index in [1.54, 1.807) is 32.0 Å². The number of hydrogen-bond donors (Lipinski definition) is 1. The number of esters is 5. The largest absolute Gasteiger partial charge is 0.465 e. The van der Waals surface area contributed by atoms with Crippen molar-refractivity contribution >= 4 is 29.8 Å². The molecular formula is C34H39NO12. The first-order valence-electron chi connectivity index (χ1n) is 15.3. The zero-order valence-corrected chi connectivity index (χ0v) is 27.1. The molecule has 1 aromatic carbocycles. The molecule has 1 N–H and O–H groups in total. The Morgan fingerprint density at radius 1 is 0.830 bits per heavy atom. The van der Waals surface area contributed by atoms with Crippen LogP contribution in [0.5, 0.6) is 0 Å². The number of aliphatic hydroxyl groups is 1. The summed E-state index contributed by atoms with van der Waals surface area (Å²) in [5.41, 5.74) is -7.05. The fourth-order valence-corrected chi connectivity index (χ4v) is 7.92. The summed E-state index contributed by atoms with van der Waals surface area (Å²) in [4.78, 5) is 69.7. The third kappa shape index (κ3) is 5.65. The zero-order valence-electron chi connectivity index (χ0n) is 27.1. The highest BCUT2D eigenvalue weighted by molar-refractivity contribution is 5.90. The first kappa shape index (κ1) is 34.0. The molecule has 8 unspecified atom stereocenters. The van der Waals surface area contributed by atoms with Crippen molar-refractivity contribution in [2.75, 3.05) is 6.61 Å². The van der Waals surface area contributed by atoms with E-state index in [-0.39, 0.29) is 24.0 Å². The van der Waals surface area contributed by atoms with Gasteiger partial charge in [-0.1, -0.05) is 18.2 Å². The molecule has 2 heterocycles. The van der Waals surface area contributed by atoms with E-state index in [4.69, 9.17) is 28.4 Å². The summed E-state index contributed by atoms with van der Waals surface area (Å²) in [7, 11) is 0. The topological polar surface area (TPSA) is 174 Å². The van der Waals surface area contributed by atoms with Gasteiger partial charge >= 0.3 is 29.8 Å². The van der Waals surface area contributed by atoms with Gasteiger partial charge in [0.25, 0.3) is 0 Å². The highest BCUT2D eigenvalue weighted by atomic mass is 16.6. The van der Waals surface area contributed by atoms with E-state index in [1.807, 2.05) is 0 Å². The summed E-state index contributed by atoms with van der Waals surface area (Å²) in [6, 6.07) is 11.1. The van der Waals surface area contributed by atoms with Crippen LogP contribution in [0.3, 0.4) is 0 Å². The van der Waals surface area contributed by atoms with Gasteiger partial charge in [-0.05, 0) is 57.9 Å². The normalized spacial score (nSPS) is 33.5. The lowest BCUT2D eigenvalue weighted by Crippen LogP contribution is -2.83. The number of hydrogen-bond acceptors (Lipinski definition) is 13. The maximum atomic E-state index is 13.9. The maximum absolute atomic E-state index is 13.9. The molecule has 8 atom stereocenters. The predicted molar refractivity (Wildman–Crippen MR) is 161 cm³/mol. The Balaban J connectivity index is 1.84. The number of aromatic nitrogens is 1. The summed E-state index contributed by atoms with van der Waals surface area (Å²) in [6.07, 6.45) is -2.99. The fourth-order valence-electron chi connectivity index (χ4n) is 7.92. The maximum Gasteiger partial charge on any atom is 0.340 e. The van der Waals surface area contributed by atoms with Crippen LogP contribution in [-0.4, -0.2) is 87.8 Å². The van der Waals surface area contributed by atoms with Gasteiger partial charge in [0.2, 0.25) is 0 Å². The molecule has 2 aromatic rings. The van der Waals surface area contributed by atoms with E-state index in [1.165, 1.54) is 57.4 Å². The standard InChI is InChI=1S/C34H39NO12/c1-19(36)42-18-33-24(43-20(2)37)14-15-32(6,41)34(33)27(44-21(3)38)25(31(4,5)47-34)26(45-29(39)22-11-8-7-9-12-22)28(33)46-30(40)23-13-10-16-35-17-23/h7-13,16-17,24-28,41H,14-15,18H2,1-6H3.